The van der Waals surface area contributed by atoms with Crippen molar-refractivity contribution in [2.45, 2.75) is 32.2 Å². The molecule has 6 nitrogen and oxygen atoms in total. The zero-order valence-corrected chi connectivity index (χ0v) is 12.5. The molecule has 0 aromatic carbocycles. The maximum absolute atomic E-state index is 12.3. The Morgan fingerprint density at radius 1 is 1.24 bits per heavy atom. The van der Waals surface area contributed by atoms with Crippen molar-refractivity contribution in [2.75, 3.05) is 32.7 Å². The Labute approximate surface area is 124 Å². The van der Waals surface area contributed by atoms with Gasteiger partial charge in [-0.2, -0.15) is 5.10 Å². The van der Waals surface area contributed by atoms with Crippen molar-refractivity contribution in [3.63, 3.8) is 0 Å². The van der Waals surface area contributed by atoms with Gasteiger partial charge in [-0.05, 0) is 25.5 Å². The lowest BCUT2D eigenvalue weighted by atomic mass is 10.3. The molecule has 1 aromatic rings. The van der Waals surface area contributed by atoms with Crippen LogP contribution >= 0.6 is 0 Å². The lowest BCUT2D eigenvalue weighted by Crippen LogP contribution is -2.49. The normalized spacial score (nSPS) is 19.8. The molecule has 0 radical (unpaired) electrons. The number of piperazine rings is 1. The molecule has 0 atom stereocenters. The number of amides is 1. The number of carbonyl (C=O) groups is 1. The predicted octanol–water partition coefficient (Wildman–Crippen LogP) is 0.285. The Kier molecular flexibility index (Phi) is 4.05. The van der Waals surface area contributed by atoms with Gasteiger partial charge >= 0.3 is 0 Å². The van der Waals surface area contributed by atoms with Crippen molar-refractivity contribution in [1.29, 1.82) is 0 Å². The van der Waals surface area contributed by atoms with Crippen LogP contribution in [0.3, 0.4) is 0 Å². The third kappa shape index (κ3) is 3.32. The maximum atomic E-state index is 12.3. The minimum atomic E-state index is -0.194. The number of carbonyl (C=O) groups excluding carboxylic acids is 1. The third-order valence-electron chi connectivity index (χ3n) is 4.34. The fourth-order valence-corrected chi connectivity index (χ4v) is 2.72. The number of aromatic nitrogens is 2. The number of rotatable bonds is 4. The number of hydrogen-bond donors (Lipinski definition) is 0. The first-order valence-electron chi connectivity index (χ1n) is 7.75. The summed E-state index contributed by atoms with van der Waals surface area (Å²) in [5, 5.41) is 4.35. The van der Waals surface area contributed by atoms with Crippen molar-refractivity contribution < 1.29 is 4.79 Å². The highest BCUT2D eigenvalue weighted by Crippen LogP contribution is 2.38. The van der Waals surface area contributed by atoms with Crippen LogP contribution in [0.15, 0.2) is 16.9 Å². The second-order valence-corrected chi connectivity index (χ2v) is 5.84. The van der Waals surface area contributed by atoms with Crippen molar-refractivity contribution in [1.82, 2.24) is 19.6 Å². The molecule has 21 heavy (non-hydrogen) atoms. The smallest absolute Gasteiger partial charge is 0.267 e. The molecule has 3 rings (SSSR count). The summed E-state index contributed by atoms with van der Waals surface area (Å²) in [4.78, 5) is 28.3. The van der Waals surface area contributed by atoms with E-state index in [4.69, 9.17) is 0 Å². The average molecular weight is 290 g/mol. The van der Waals surface area contributed by atoms with Gasteiger partial charge in [0.05, 0.1) is 5.69 Å². The summed E-state index contributed by atoms with van der Waals surface area (Å²) in [6.07, 6.45) is 2.27. The molecule has 0 N–H and O–H groups in total. The molecule has 2 fully saturated rings. The maximum Gasteiger partial charge on any atom is 0.267 e. The summed E-state index contributed by atoms with van der Waals surface area (Å²) in [6.45, 7) is 6.51. The van der Waals surface area contributed by atoms with E-state index in [2.05, 4.69) is 16.9 Å². The van der Waals surface area contributed by atoms with Crippen LogP contribution in [-0.4, -0.2) is 58.2 Å². The number of nitrogens with zero attached hydrogens (tertiary/aromatic N) is 4. The molecule has 1 amide bonds. The first-order valence-corrected chi connectivity index (χ1v) is 7.75. The van der Waals surface area contributed by atoms with Crippen LogP contribution in [0.4, 0.5) is 0 Å². The summed E-state index contributed by atoms with van der Waals surface area (Å²) >= 11 is 0. The van der Waals surface area contributed by atoms with E-state index >= 15 is 0 Å². The van der Waals surface area contributed by atoms with Crippen LogP contribution in [0.1, 0.15) is 31.4 Å². The third-order valence-corrected chi connectivity index (χ3v) is 4.34. The highest BCUT2D eigenvalue weighted by atomic mass is 16.2. The van der Waals surface area contributed by atoms with Crippen LogP contribution in [-0.2, 0) is 11.3 Å². The first kappa shape index (κ1) is 14.3. The molecule has 0 spiro atoms. The van der Waals surface area contributed by atoms with Crippen LogP contribution in [0, 0.1) is 0 Å². The molecule has 114 valence electrons. The minimum absolute atomic E-state index is 0.00620. The van der Waals surface area contributed by atoms with E-state index in [9.17, 15) is 9.59 Å². The summed E-state index contributed by atoms with van der Waals surface area (Å²) in [7, 11) is 0. The van der Waals surface area contributed by atoms with Gasteiger partial charge in [-0.1, -0.05) is 6.92 Å². The molecule has 2 aliphatic rings. The molecule has 1 aliphatic heterocycles. The Hall–Kier alpha value is -1.69. The lowest BCUT2D eigenvalue weighted by Gasteiger charge is -2.34. The van der Waals surface area contributed by atoms with Gasteiger partial charge in [0.1, 0.15) is 6.54 Å². The van der Waals surface area contributed by atoms with Crippen molar-refractivity contribution >= 4 is 5.91 Å². The molecule has 0 unspecified atom stereocenters. The quantitative estimate of drug-likeness (QED) is 0.799. The van der Waals surface area contributed by atoms with Crippen molar-refractivity contribution in [3.05, 3.63) is 28.2 Å². The Balaban J connectivity index is 1.64. The summed E-state index contributed by atoms with van der Waals surface area (Å²) in [5.74, 6) is 0.480. The van der Waals surface area contributed by atoms with E-state index in [1.54, 1.807) is 6.07 Å². The Morgan fingerprint density at radius 3 is 2.57 bits per heavy atom. The van der Waals surface area contributed by atoms with Crippen molar-refractivity contribution in [3.8, 4) is 0 Å². The van der Waals surface area contributed by atoms with Gasteiger partial charge in [-0.15, -0.1) is 0 Å². The molecular formula is C15H22N4O2. The van der Waals surface area contributed by atoms with E-state index < -0.39 is 0 Å². The van der Waals surface area contributed by atoms with Gasteiger partial charge in [-0.25, -0.2) is 4.68 Å². The molecule has 1 saturated heterocycles. The largest absolute Gasteiger partial charge is 0.339 e. The fraction of sp³-hybridized carbons (Fsp3) is 0.667. The Morgan fingerprint density at radius 2 is 1.95 bits per heavy atom. The average Bonchev–Trinajstić information content (AvgIpc) is 3.34. The second-order valence-electron chi connectivity index (χ2n) is 5.84. The summed E-state index contributed by atoms with van der Waals surface area (Å²) < 4.78 is 1.32. The Bertz CT molecular complexity index is 571. The van der Waals surface area contributed by atoms with Gasteiger partial charge in [0.15, 0.2) is 0 Å². The standard InChI is InChI=1S/C15H22N4O2/c1-2-17-7-9-18(10-8-17)15(21)11-19-14(20)6-5-13(16-19)12-3-4-12/h5-6,12H,2-4,7-11H2,1H3. The molecule has 1 saturated carbocycles. The molecular weight excluding hydrogens is 268 g/mol. The lowest BCUT2D eigenvalue weighted by molar-refractivity contribution is -0.133. The van der Waals surface area contributed by atoms with E-state index in [-0.39, 0.29) is 18.0 Å². The van der Waals surface area contributed by atoms with E-state index in [0.717, 1.165) is 51.3 Å². The zero-order valence-electron chi connectivity index (χ0n) is 12.5. The number of likely N-dealkylation sites (N-methyl/N-ethyl adjacent to an activating group) is 1. The summed E-state index contributed by atoms with van der Waals surface area (Å²) in [5.41, 5.74) is 0.748. The predicted molar refractivity (Wildman–Crippen MR) is 79.2 cm³/mol. The highest BCUT2D eigenvalue weighted by molar-refractivity contribution is 5.76. The van der Waals surface area contributed by atoms with E-state index in [1.807, 2.05) is 4.90 Å². The second kappa shape index (κ2) is 5.97. The van der Waals surface area contributed by atoms with E-state index in [0.29, 0.717) is 5.92 Å². The van der Waals surface area contributed by atoms with Gasteiger partial charge in [0, 0.05) is 38.2 Å². The molecule has 2 heterocycles. The van der Waals surface area contributed by atoms with Gasteiger partial charge in [0.25, 0.3) is 5.56 Å². The SMILES string of the molecule is CCN1CCN(C(=O)Cn2nc(C3CC3)ccc2=O)CC1. The van der Waals surface area contributed by atoms with Gasteiger partial charge in [-0.3, -0.25) is 9.59 Å². The highest BCUT2D eigenvalue weighted by Gasteiger charge is 2.26. The van der Waals surface area contributed by atoms with Crippen LogP contribution in [0.5, 0.6) is 0 Å². The topological polar surface area (TPSA) is 58.4 Å². The van der Waals surface area contributed by atoms with Crippen LogP contribution in [0.2, 0.25) is 0 Å². The first-order chi connectivity index (χ1) is 10.2. The van der Waals surface area contributed by atoms with Crippen LogP contribution in [0.25, 0.3) is 0 Å². The fourth-order valence-electron chi connectivity index (χ4n) is 2.72. The molecule has 1 aromatic heterocycles. The molecule has 6 heteroatoms. The summed E-state index contributed by atoms with van der Waals surface area (Å²) in [6, 6.07) is 3.32. The molecule has 1 aliphatic carbocycles. The van der Waals surface area contributed by atoms with E-state index in [1.165, 1.54) is 10.7 Å². The monoisotopic (exact) mass is 290 g/mol. The number of hydrogen-bond acceptors (Lipinski definition) is 4. The molecule has 0 bridgehead atoms. The minimum Gasteiger partial charge on any atom is -0.339 e. The van der Waals surface area contributed by atoms with Gasteiger partial charge in [0.2, 0.25) is 5.91 Å². The van der Waals surface area contributed by atoms with Crippen LogP contribution < -0.4 is 5.56 Å². The zero-order chi connectivity index (χ0) is 14.8. The van der Waals surface area contributed by atoms with Crippen molar-refractivity contribution in [2.24, 2.45) is 0 Å². The van der Waals surface area contributed by atoms with Gasteiger partial charge < -0.3 is 9.80 Å².